The highest BCUT2D eigenvalue weighted by atomic mass is 31.1. The van der Waals surface area contributed by atoms with Gasteiger partial charge >= 0.3 is 0 Å². The standard InChI is InChI=1S/C44H38N2O2P2/c47-43(37-27-13-17-31-41(37)49(33-19-5-1-6-20-33)34-21-7-2-8-22-34)45-39-29-15-16-30-40(39)46-44(48)38-28-14-18-32-42(38)50(35-23-9-3-10-24-35)36-25-11-4-12-26-36/h1-28,31-32,39-40H,29-30H2,(H,45,47)(H,46,48)/t39-,40-/m1/s1. The summed E-state index contributed by atoms with van der Waals surface area (Å²) in [6.07, 6.45) is 5.46. The average Bonchev–Trinajstić information content (AvgIpc) is 3.18. The van der Waals surface area contributed by atoms with Gasteiger partial charge in [0.25, 0.3) is 11.8 Å². The first kappa shape index (κ1) is 33.4. The zero-order valence-electron chi connectivity index (χ0n) is 27.6. The van der Waals surface area contributed by atoms with Crippen LogP contribution in [0.25, 0.3) is 0 Å². The second-order valence-electron chi connectivity index (χ2n) is 12.2. The van der Waals surface area contributed by atoms with Gasteiger partial charge in [0.2, 0.25) is 0 Å². The van der Waals surface area contributed by atoms with Crippen molar-refractivity contribution >= 4 is 59.5 Å². The molecule has 1 aliphatic carbocycles. The number of nitrogens with one attached hydrogen (secondary N) is 2. The third-order valence-electron chi connectivity index (χ3n) is 8.90. The van der Waals surface area contributed by atoms with Crippen LogP contribution in [-0.2, 0) is 0 Å². The van der Waals surface area contributed by atoms with Crippen molar-refractivity contribution in [2.45, 2.75) is 24.9 Å². The molecule has 50 heavy (non-hydrogen) atoms. The van der Waals surface area contributed by atoms with Gasteiger partial charge in [-0.1, -0.05) is 170 Å². The van der Waals surface area contributed by atoms with Gasteiger partial charge < -0.3 is 10.6 Å². The Hall–Kier alpha value is -5.14. The maximum Gasteiger partial charge on any atom is 0.252 e. The second kappa shape index (κ2) is 16.0. The van der Waals surface area contributed by atoms with E-state index in [1.807, 2.05) is 60.7 Å². The van der Waals surface area contributed by atoms with Crippen LogP contribution >= 0.6 is 15.8 Å². The molecule has 7 rings (SSSR count). The molecule has 0 bridgehead atoms. The zero-order chi connectivity index (χ0) is 34.1. The van der Waals surface area contributed by atoms with E-state index in [0.717, 1.165) is 10.6 Å². The molecular weight excluding hydrogens is 650 g/mol. The summed E-state index contributed by atoms with van der Waals surface area (Å²) in [7, 11) is -1.94. The fraction of sp³-hybridized carbons (Fsp3) is 0.0909. The minimum absolute atomic E-state index is 0.128. The van der Waals surface area contributed by atoms with Crippen molar-refractivity contribution in [3.8, 4) is 0 Å². The molecule has 0 aromatic heterocycles. The molecule has 0 radical (unpaired) electrons. The average molecular weight is 689 g/mol. The molecule has 6 aromatic carbocycles. The van der Waals surface area contributed by atoms with E-state index in [9.17, 15) is 9.59 Å². The molecule has 6 aromatic rings. The summed E-state index contributed by atoms with van der Waals surface area (Å²) in [6.45, 7) is 0. The second-order valence-corrected chi connectivity index (χ2v) is 16.5. The van der Waals surface area contributed by atoms with Crippen LogP contribution in [0.2, 0.25) is 0 Å². The van der Waals surface area contributed by atoms with E-state index in [4.69, 9.17) is 0 Å². The van der Waals surface area contributed by atoms with Gasteiger partial charge in [-0.2, -0.15) is 0 Å². The summed E-state index contributed by atoms with van der Waals surface area (Å²) < 4.78 is 0. The number of carbonyl (C=O) groups excluding carboxylic acids is 2. The summed E-state index contributed by atoms with van der Waals surface area (Å²) in [4.78, 5) is 28.4. The normalized spacial score (nSPS) is 15.5. The van der Waals surface area contributed by atoms with Crippen LogP contribution in [0.5, 0.6) is 0 Å². The van der Waals surface area contributed by atoms with Crippen LogP contribution < -0.4 is 42.5 Å². The van der Waals surface area contributed by atoms with Crippen molar-refractivity contribution in [3.05, 3.63) is 193 Å². The van der Waals surface area contributed by atoms with E-state index in [0.29, 0.717) is 24.0 Å². The molecule has 2 atom stereocenters. The van der Waals surface area contributed by atoms with Crippen LogP contribution in [0.3, 0.4) is 0 Å². The van der Waals surface area contributed by atoms with E-state index in [1.54, 1.807) is 0 Å². The molecule has 246 valence electrons. The predicted molar refractivity (Wildman–Crippen MR) is 211 cm³/mol. The molecule has 0 spiro atoms. The minimum Gasteiger partial charge on any atom is -0.347 e. The lowest BCUT2D eigenvalue weighted by Crippen LogP contribution is -2.53. The van der Waals surface area contributed by atoms with Crippen molar-refractivity contribution < 1.29 is 9.59 Å². The zero-order valence-corrected chi connectivity index (χ0v) is 29.4. The molecule has 0 fully saturated rings. The van der Waals surface area contributed by atoms with Crippen LogP contribution in [0, 0.1) is 0 Å². The SMILES string of the molecule is O=C(N[C@@H]1CC=CC[C@H]1NC(=O)c1ccccc1P(c1ccccc1)c1ccccc1)c1ccccc1P(c1ccccc1)c1ccccc1. The van der Waals surface area contributed by atoms with Crippen LogP contribution in [0.1, 0.15) is 33.6 Å². The van der Waals surface area contributed by atoms with Gasteiger partial charge in [0.1, 0.15) is 0 Å². The molecule has 0 heterocycles. The lowest BCUT2D eigenvalue weighted by Gasteiger charge is -2.31. The Balaban J connectivity index is 1.16. The van der Waals surface area contributed by atoms with Crippen molar-refractivity contribution in [2.24, 2.45) is 0 Å². The smallest absolute Gasteiger partial charge is 0.252 e. The molecule has 0 saturated carbocycles. The molecule has 6 heteroatoms. The minimum atomic E-state index is -0.969. The lowest BCUT2D eigenvalue weighted by atomic mass is 9.95. The van der Waals surface area contributed by atoms with Crippen LogP contribution in [0.4, 0.5) is 0 Å². The maximum absolute atomic E-state index is 14.2. The van der Waals surface area contributed by atoms with Gasteiger partial charge in [0.15, 0.2) is 0 Å². The van der Waals surface area contributed by atoms with Crippen molar-refractivity contribution in [1.82, 2.24) is 10.6 Å². The molecule has 4 nitrogen and oxygen atoms in total. The van der Waals surface area contributed by atoms with Gasteiger partial charge in [-0.25, -0.2) is 0 Å². The number of carbonyl (C=O) groups is 2. The quantitative estimate of drug-likeness (QED) is 0.129. The molecule has 1 aliphatic rings. The first-order valence-electron chi connectivity index (χ1n) is 16.9. The lowest BCUT2D eigenvalue weighted by molar-refractivity contribution is 0.0882. The first-order valence-corrected chi connectivity index (χ1v) is 19.6. The highest BCUT2D eigenvalue weighted by Crippen LogP contribution is 2.35. The number of benzene rings is 6. The number of amides is 2. The molecule has 0 unspecified atom stereocenters. The largest absolute Gasteiger partial charge is 0.347 e. The third-order valence-corrected chi connectivity index (χ3v) is 13.9. The van der Waals surface area contributed by atoms with Crippen molar-refractivity contribution in [1.29, 1.82) is 0 Å². The first-order chi connectivity index (χ1) is 24.7. The van der Waals surface area contributed by atoms with Gasteiger partial charge in [-0.15, -0.1) is 0 Å². The summed E-state index contributed by atoms with van der Waals surface area (Å²) in [5.41, 5.74) is 1.32. The van der Waals surface area contributed by atoms with Crippen molar-refractivity contribution in [3.63, 3.8) is 0 Å². The Kier molecular flexibility index (Phi) is 10.7. The van der Waals surface area contributed by atoms with E-state index in [-0.39, 0.29) is 23.9 Å². The Bertz CT molecular complexity index is 1840. The molecule has 0 saturated heterocycles. The van der Waals surface area contributed by atoms with E-state index < -0.39 is 15.8 Å². The number of rotatable bonds is 10. The van der Waals surface area contributed by atoms with Crippen LogP contribution in [-0.4, -0.2) is 23.9 Å². The molecule has 2 amide bonds. The highest BCUT2D eigenvalue weighted by molar-refractivity contribution is 7.80. The maximum atomic E-state index is 14.2. The Morgan fingerprint density at radius 1 is 0.400 bits per heavy atom. The topological polar surface area (TPSA) is 58.2 Å². The fourth-order valence-electron chi connectivity index (χ4n) is 6.51. The third kappa shape index (κ3) is 7.53. The van der Waals surface area contributed by atoms with E-state index in [2.05, 4.69) is 132 Å². The van der Waals surface area contributed by atoms with Gasteiger partial charge in [0, 0.05) is 11.1 Å². The van der Waals surface area contributed by atoms with Crippen molar-refractivity contribution in [2.75, 3.05) is 0 Å². The summed E-state index contributed by atoms with van der Waals surface area (Å²) in [5.74, 6) is -0.256. The predicted octanol–water partition coefficient (Wildman–Crippen LogP) is 6.45. The van der Waals surface area contributed by atoms with Gasteiger partial charge in [0.05, 0.1) is 12.1 Å². The Labute approximate surface area is 296 Å². The summed E-state index contributed by atoms with van der Waals surface area (Å²) >= 11 is 0. The number of hydrogen-bond donors (Lipinski definition) is 2. The van der Waals surface area contributed by atoms with Crippen LogP contribution in [0.15, 0.2) is 182 Å². The van der Waals surface area contributed by atoms with E-state index >= 15 is 0 Å². The Morgan fingerprint density at radius 2 is 0.680 bits per heavy atom. The highest BCUT2D eigenvalue weighted by Gasteiger charge is 2.30. The van der Waals surface area contributed by atoms with Gasteiger partial charge in [-0.3, -0.25) is 9.59 Å². The monoisotopic (exact) mass is 688 g/mol. The van der Waals surface area contributed by atoms with E-state index in [1.165, 1.54) is 21.2 Å². The summed E-state index contributed by atoms with van der Waals surface area (Å²) in [6, 6.07) is 57.0. The van der Waals surface area contributed by atoms with Gasteiger partial charge in [-0.05, 0) is 72.6 Å². The Morgan fingerprint density at radius 3 is 1.00 bits per heavy atom. The molecular formula is C44H38N2O2P2. The molecule has 0 aliphatic heterocycles. The summed E-state index contributed by atoms with van der Waals surface area (Å²) in [5, 5.41) is 13.4. The fourth-order valence-corrected chi connectivity index (χ4v) is 11.4. The number of hydrogen-bond acceptors (Lipinski definition) is 2. The molecule has 2 N–H and O–H groups in total.